The van der Waals surface area contributed by atoms with Crippen molar-refractivity contribution in [1.29, 1.82) is 5.26 Å². The highest BCUT2D eigenvalue weighted by Gasteiger charge is 2.36. The highest BCUT2D eigenvalue weighted by molar-refractivity contribution is 6.22. The van der Waals surface area contributed by atoms with Crippen molar-refractivity contribution in [3.05, 3.63) is 39.7 Å². The molecular formula is C16H16N2O3. The second kappa shape index (κ2) is 5.06. The van der Waals surface area contributed by atoms with Gasteiger partial charge in [0, 0.05) is 18.3 Å². The molecule has 0 radical (unpaired) electrons. The van der Waals surface area contributed by atoms with E-state index in [9.17, 15) is 9.59 Å². The maximum absolute atomic E-state index is 12.0. The third kappa shape index (κ3) is 2.19. The summed E-state index contributed by atoms with van der Waals surface area (Å²) in [5.74, 6) is -1.24. The van der Waals surface area contributed by atoms with Gasteiger partial charge in [-0.3, -0.25) is 0 Å². The Morgan fingerprint density at radius 2 is 1.76 bits per heavy atom. The summed E-state index contributed by atoms with van der Waals surface area (Å²) in [5.41, 5.74) is 4.12. The van der Waals surface area contributed by atoms with Crippen molar-refractivity contribution in [2.75, 3.05) is 0 Å². The van der Waals surface area contributed by atoms with Gasteiger partial charge in [0.15, 0.2) is 0 Å². The minimum Gasteiger partial charge on any atom is -0.386 e. The third-order valence-corrected chi connectivity index (χ3v) is 3.77. The van der Waals surface area contributed by atoms with E-state index >= 15 is 0 Å². The zero-order valence-electron chi connectivity index (χ0n) is 12.7. The number of allylic oxidation sites excluding steroid dienone is 2. The van der Waals surface area contributed by atoms with Crippen LogP contribution < -0.4 is 0 Å². The lowest BCUT2D eigenvalue weighted by atomic mass is 9.95. The molecule has 1 fully saturated rings. The van der Waals surface area contributed by atoms with Gasteiger partial charge in [-0.1, -0.05) is 5.57 Å². The van der Waals surface area contributed by atoms with Gasteiger partial charge in [-0.05, 0) is 39.3 Å². The summed E-state index contributed by atoms with van der Waals surface area (Å²) >= 11 is 0. The normalized spacial score (nSPS) is 16.9. The highest BCUT2D eigenvalue weighted by Crippen LogP contribution is 2.34. The van der Waals surface area contributed by atoms with E-state index in [4.69, 9.17) is 10.00 Å². The van der Waals surface area contributed by atoms with Crippen LogP contribution in [-0.2, 0) is 21.4 Å². The Morgan fingerprint density at radius 1 is 1.19 bits per heavy atom. The van der Waals surface area contributed by atoms with Crippen LogP contribution in [0.2, 0.25) is 0 Å². The lowest BCUT2D eigenvalue weighted by Crippen LogP contribution is -2.00. The monoisotopic (exact) mass is 284 g/mol. The molecule has 0 aliphatic carbocycles. The van der Waals surface area contributed by atoms with Crippen LogP contribution in [0.15, 0.2) is 22.8 Å². The number of esters is 2. The fraction of sp³-hybridized carbons (Fsp3) is 0.312. The Hall–Kier alpha value is -2.61. The van der Waals surface area contributed by atoms with Crippen molar-refractivity contribution in [1.82, 2.24) is 4.57 Å². The van der Waals surface area contributed by atoms with Crippen molar-refractivity contribution >= 4 is 17.5 Å². The van der Waals surface area contributed by atoms with Gasteiger partial charge in [0.05, 0.1) is 11.1 Å². The first-order chi connectivity index (χ1) is 9.79. The Morgan fingerprint density at radius 3 is 2.24 bits per heavy atom. The molecule has 5 heteroatoms. The molecule has 5 nitrogen and oxygen atoms in total. The molecule has 1 aromatic heterocycles. The molecule has 1 aromatic rings. The number of nitriles is 1. The van der Waals surface area contributed by atoms with Gasteiger partial charge < -0.3 is 9.30 Å². The molecule has 0 saturated carbocycles. The van der Waals surface area contributed by atoms with E-state index in [0.29, 0.717) is 16.8 Å². The van der Waals surface area contributed by atoms with Gasteiger partial charge in [-0.25, -0.2) is 9.59 Å². The third-order valence-electron chi connectivity index (χ3n) is 3.77. The molecule has 0 aromatic carbocycles. The van der Waals surface area contributed by atoms with Gasteiger partial charge >= 0.3 is 11.9 Å². The molecule has 0 amide bonds. The molecular weight excluding hydrogens is 268 g/mol. The molecule has 0 unspecified atom stereocenters. The molecule has 0 bridgehead atoms. The SMILES string of the molecule is CC(C)=C1C(=O)OC(=O)/C1=C(\C)c1cc(C#N)n(C)c1C. The van der Waals surface area contributed by atoms with E-state index in [1.54, 1.807) is 38.5 Å². The molecule has 1 aliphatic heterocycles. The predicted octanol–water partition coefficient (Wildman–Crippen LogP) is 2.40. The van der Waals surface area contributed by atoms with Gasteiger partial charge in [0.25, 0.3) is 0 Å². The average molecular weight is 284 g/mol. The molecule has 2 rings (SSSR count). The highest BCUT2D eigenvalue weighted by atomic mass is 16.6. The van der Waals surface area contributed by atoms with Crippen LogP contribution in [0, 0.1) is 18.3 Å². The Kier molecular flexibility index (Phi) is 3.56. The smallest absolute Gasteiger partial charge is 0.347 e. The predicted molar refractivity (Wildman–Crippen MR) is 76.9 cm³/mol. The van der Waals surface area contributed by atoms with Crippen LogP contribution in [0.25, 0.3) is 5.57 Å². The van der Waals surface area contributed by atoms with Crippen molar-refractivity contribution in [2.45, 2.75) is 27.7 Å². The number of hydrogen-bond acceptors (Lipinski definition) is 4. The number of carbonyl (C=O) groups excluding carboxylic acids is 2. The average Bonchev–Trinajstić information content (AvgIpc) is 2.87. The van der Waals surface area contributed by atoms with Gasteiger partial charge in [0.2, 0.25) is 0 Å². The minimum atomic E-state index is -0.629. The van der Waals surface area contributed by atoms with Crippen LogP contribution in [0.3, 0.4) is 0 Å². The summed E-state index contributed by atoms with van der Waals surface area (Å²) in [6, 6.07) is 3.82. The molecule has 0 spiro atoms. The van der Waals surface area contributed by atoms with Crippen molar-refractivity contribution in [3.63, 3.8) is 0 Å². The summed E-state index contributed by atoms with van der Waals surface area (Å²) in [7, 11) is 1.79. The molecule has 2 heterocycles. The largest absolute Gasteiger partial charge is 0.386 e. The number of cyclic esters (lactones) is 2. The van der Waals surface area contributed by atoms with Gasteiger partial charge in [0.1, 0.15) is 11.8 Å². The lowest BCUT2D eigenvalue weighted by Gasteiger charge is -2.06. The molecule has 0 N–H and O–H groups in total. The fourth-order valence-electron chi connectivity index (χ4n) is 2.51. The minimum absolute atomic E-state index is 0.290. The van der Waals surface area contributed by atoms with E-state index in [1.807, 2.05) is 6.92 Å². The number of ether oxygens (including phenoxy) is 1. The topological polar surface area (TPSA) is 72.1 Å². The quantitative estimate of drug-likeness (QED) is 0.451. The van der Waals surface area contributed by atoms with Crippen LogP contribution in [0.5, 0.6) is 0 Å². The van der Waals surface area contributed by atoms with E-state index < -0.39 is 11.9 Å². The zero-order valence-corrected chi connectivity index (χ0v) is 12.7. The van der Waals surface area contributed by atoms with Crippen LogP contribution in [-0.4, -0.2) is 16.5 Å². The molecule has 1 saturated heterocycles. The first-order valence-corrected chi connectivity index (χ1v) is 6.51. The number of rotatable bonds is 1. The first-order valence-electron chi connectivity index (χ1n) is 6.51. The Bertz CT molecular complexity index is 766. The van der Waals surface area contributed by atoms with Crippen LogP contribution in [0.4, 0.5) is 0 Å². The second-order valence-corrected chi connectivity index (χ2v) is 5.25. The second-order valence-electron chi connectivity index (χ2n) is 5.25. The lowest BCUT2D eigenvalue weighted by molar-refractivity contribution is -0.149. The molecule has 21 heavy (non-hydrogen) atoms. The number of hydrogen-bond donors (Lipinski definition) is 0. The Labute approximate surface area is 123 Å². The Balaban J connectivity index is 2.75. The van der Waals surface area contributed by atoms with E-state index in [2.05, 4.69) is 6.07 Å². The summed E-state index contributed by atoms with van der Waals surface area (Å²) in [6.45, 7) is 7.16. The number of nitrogens with zero attached hydrogens (tertiary/aromatic N) is 2. The van der Waals surface area contributed by atoms with Crippen molar-refractivity contribution < 1.29 is 14.3 Å². The van der Waals surface area contributed by atoms with E-state index in [1.165, 1.54) is 0 Å². The van der Waals surface area contributed by atoms with E-state index in [-0.39, 0.29) is 5.57 Å². The van der Waals surface area contributed by atoms with Crippen molar-refractivity contribution in [2.24, 2.45) is 7.05 Å². The van der Waals surface area contributed by atoms with Crippen molar-refractivity contribution in [3.8, 4) is 6.07 Å². The summed E-state index contributed by atoms with van der Waals surface area (Å²) in [6.07, 6.45) is 0. The zero-order chi connectivity index (χ0) is 15.9. The van der Waals surface area contributed by atoms with E-state index in [0.717, 1.165) is 16.8 Å². The summed E-state index contributed by atoms with van der Waals surface area (Å²) in [4.78, 5) is 23.8. The summed E-state index contributed by atoms with van der Waals surface area (Å²) in [5, 5.41) is 9.10. The van der Waals surface area contributed by atoms with Crippen LogP contribution in [0.1, 0.15) is 37.7 Å². The first kappa shape index (κ1) is 14.8. The standard InChI is InChI=1S/C16H16N2O3/c1-8(2)13-14(16(20)21-15(13)19)9(3)12-6-11(7-17)18(5)10(12)4/h6H,1-5H3/b14-9+. The van der Waals surface area contributed by atoms with Gasteiger partial charge in [-0.2, -0.15) is 5.26 Å². The summed E-state index contributed by atoms with van der Waals surface area (Å²) < 4.78 is 6.48. The maximum Gasteiger partial charge on any atom is 0.347 e. The number of carbonyl (C=O) groups is 2. The van der Waals surface area contributed by atoms with Gasteiger partial charge in [-0.15, -0.1) is 0 Å². The molecule has 0 atom stereocenters. The molecule has 108 valence electrons. The number of aromatic nitrogens is 1. The fourth-order valence-corrected chi connectivity index (χ4v) is 2.51. The maximum atomic E-state index is 12.0. The molecule has 1 aliphatic rings. The van der Waals surface area contributed by atoms with Crippen LogP contribution >= 0.6 is 0 Å².